The Morgan fingerprint density at radius 1 is 0.424 bits per heavy atom. The average Bonchev–Trinajstić information content (AvgIpc) is 3.40. The van der Waals surface area contributed by atoms with Crippen molar-refractivity contribution in [1.82, 2.24) is 4.57 Å². The molecular weight excluding hydrogens is 398 g/mol. The first-order valence-corrected chi connectivity index (χ1v) is 11.5. The quantitative estimate of drug-likeness (QED) is 0.252. The van der Waals surface area contributed by atoms with Crippen LogP contribution in [0.5, 0.6) is 0 Å². The smallest absolute Gasteiger partial charge is 0.0620 e. The third-order valence-corrected chi connectivity index (χ3v) is 7.30. The molecule has 0 fully saturated rings. The highest BCUT2D eigenvalue weighted by Gasteiger charge is 2.25. The van der Waals surface area contributed by atoms with E-state index in [1.54, 1.807) is 0 Å². The largest absolute Gasteiger partial charge is 0.309 e. The van der Waals surface area contributed by atoms with Crippen LogP contribution in [0.3, 0.4) is 0 Å². The summed E-state index contributed by atoms with van der Waals surface area (Å²) in [7, 11) is 0. The molecule has 1 aliphatic rings. The molecule has 33 heavy (non-hydrogen) atoms. The Labute approximate surface area is 191 Å². The Kier molecular flexibility index (Phi) is 3.19. The lowest BCUT2D eigenvalue weighted by atomic mass is 9.97. The summed E-state index contributed by atoms with van der Waals surface area (Å²) < 4.78 is 2.46. The Morgan fingerprint density at radius 3 is 2.00 bits per heavy atom. The van der Waals surface area contributed by atoms with E-state index in [4.69, 9.17) is 0 Å². The molecule has 8 rings (SSSR count). The Morgan fingerprint density at radius 2 is 1.12 bits per heavy atom. The molecular formula is C32H19N. The Balaban J connectivity index is 1.70. The molecule has 0 amide bonds. The van der Waals surface area contributed by atoms with Gasteiger partial charge in [0.2, 0.25) is 0 Å². The SMILES string of the molecule is c1ccc(-n2c3ccc4ccccc4c3c3cc4c5c(cccc5c32)-c2ccccc2-4)cc1. The molecule has 7 aromatic rings. The fourth-order valence-corrected chi connectivity index (χ4v) is 5.99. The van der Waals surface area contributed by atoms with Crippen LogP contribution in [0.1, 0.15) is 0 Å². The lowest BCUT2D eigenvalue weighted by Crippen LogP contribution is -1.94. The average molecular weight is 418 g/mol. The number of para-hydroxylation sites is 1. The van der Waals surface area contributed by atoms with Crippen LogP contribution >= 0.6 is 0 Å². The molecule has 1 aliphatic carbocycles. The molecule has 1 heteroatoms. The van der Waals surface area contributed by atoms with Crippen LogP contribution in [0.4, 0.5) is 0 Å². The molecule has 0 radical (unpaired) electrons. The normalized spacial score (nSPS) is 12.2. The first-order chi connectivity index (χ1) is 16.4. The van der Waals surface area contributed by atoms with Gasteiger partial charge in [0.05, 0.1) is 11.0 Å². The van der Waals surface area contributed by atoms with Gasteiger partial charge in [-0.25, -0.2) is 0 Å². The molecule has 0 spiro atoms. The summed E-state index contributed by atoms with van der Waals surface area (Å²) in [5, 5.41) is 7.93. The lowest BCUT2D eigenvalue weighted by molar-refractivity contribution is 1.19. The molecule has 1 heterocycles. The number of hydrogen-bond acceptors (Lipinski definition) is 0. The minimum atomic E-state index is 1.20. The van der Waals surface area contributed by atoms with Crippen LogP contribution in [-0.4, -0.2) is 4.57 Å². The predicted molar refractivity (Wildman–Crippen MR) is 140 cm³/mol. The number of rotatable bonds is 1. The summed E-state index contributed by atoms with van der Waals surface area (Å²) in [5.74, 6) is 0. The van der Waals surface area contributed by atoms with Gasteiger partial charge in [0.25, 0.3) is 0 Å². The van der Waals surface area contributed by atoms with Crippen LogP contribution in [0.15, 0.2) is 115 Å². The summed E-state index contributed by atoms with van der Waals surface area (Å²) in [6.45, 7) is 0. The summed E-state index contributed by atoms with van der Waals surface area (Å²) >= 11 is 0. The third-order valence-electron chi connectivity index (χ3n) is 7.30. The molecule has 6 aromatic carbocycles. The molecule has 152 valence electrons. The van der Waals surface area contributed by atoms with Crippen LogP contribution in [-0.2, 0) is 0 Å². The van der Waals surface area contributed by atoms with Crippen molar-refractivity contribution < 1.29 is 0 Å². The highest BCUT2D eigenvalue weighted by atomic mass is 15.0. The van der Waals surface area contributed by atoms with Crippen LogP contribution in [0.2, 0.25) is 0 Å². The minimum absolute atomic E-state index is 1.20. The molecule has 0 N–H and O–H groups in total. The van der Waals surface area contributed by atoms with Crippen molar-refractivity contribution in [3.8, 4) is 27.9 Å². The van der Waals surface area contributed by atoms with E-state index >= 15 is 0 Å². The molecule has 0 aliphatic heterocycles. The van der Waals surface area contributed by atoms with Gasteiger partial charge in [-0.1, -0.05) is 91.0 Å². The highest BCUT2D eigenvalue weighted by molar-refractivity contribution is 6.31. The van der Waals surface area contributed by atoms with Gasteiger partial charge in [0, 0.05) is 21.8 Å². The van der Waals surface area contributed by atoms with E-state index in [1.165, 1.54) is 71.3 Å². The maximum atomic E-state index is 2.46. The zero-order valence-corrected chi connectivity index (χ0v) is 17.9. The zero-order chi connectivity index (χ0) is 21.5. The summed E-state index contributed by atoms with van der Waals surface area (Å²) in [4.78, 5) is 0. The van der Waals surface area contributed by atoms with Gasteiger partial charge >= 0.3 is 0 Å². The molecule has 0 atom stereocenters. The molecule has 0 saturated heterocycles. The van der Waals surface area contributed by atoms with E-state index < -0.39 is 0 Å². The molecule has 0 saturated carbocycles. The van der Waals surface area contributed by atoms with E-state index in [2.05, 4.69) is 120 Å². The first-order valence-electron chi connectivity index (χ1n) is 11.5. The van der Waals surface area contributed by atoms with E-state index in [9.17, 15) is 0 Å². The fourth-order valence-electron chi connectivity index (χ4n) is 5.99. The van der Waals surface area contributed by atoms with Crippen LogP contribution in [0.25, 0.3) is 71.3 Å². The van der Waals surface area contributed by atoms with Gasteiger partial charge in [-0.15, -0.1) is 0 Å². The maximum absolute atomic E-state index is 2.46. The fraction of sp³-hybridized carbons (Fsp3) is 0. The molecule has 1 aromatic heterocycles. The van der Waals surface area contributed by atoms with E-state index in [0.717, 1.165) is 0 Å². The lowest BCUT2D eigenvalue weighted by Gasteiger charge is -2.11. The van der Waals surface area contributed by atoms with Crippen molar-refractivity contribution in [2.45, 2.75) is 0 Å². The summed E-state index contributed by atoms with van der Waals surface area (Å²) in [6, 6.07) is 42.2. The number of nitrogens with zero attached hydrogens (tertiary/aromatic N) is 1. The Bertz CT molecular complexity index is 1910. The molecule has 0 unspecified atom stereocenters. The van der Waals surface area contributed by atoms with Crippen molar-refractivity contribution in [1.29, 1.82) is 0 Å². The second kappa shape index (κ2) is 6.11. The standard InChI is InChI=1S/C32H19N/c1-2-10-21(11-3-1)33-29-18-17-20-9-4-5-12-22(20)31(29)28-19-27-24-14-7-6-13-23(24)25-15-8-16-26(30(25)27)32(28)33/h1-19H. The van der Waals surface area contributed by atoms with Gasteiger partial charge in [-0.3, -0.25) is 0 Å². The monoisotopic (exact) mass is 417 g/mol. The zero-order valence-electron chi connectivity index (χ0n) is 17.9. The number of benzene rings is 6. The van der Waals surface area contributed by atoms with Crippen molar-refractivity contribution in [2.75, 3.05) is 0 Å². The predicted octanol–water partition coefficient (Wildman–Crippen LogP) is 8.74. The van der Waals surface area contributed by atoms with E-state index in [1.807, 2.05) is 0 Å². The maximum Gasteiger partial charge on any atom is 0.0620 e. The van der Waals surface area contributed by atoms with E-state index in [-0.39, 0.29) is 0 Å². The van der Waals surface area contributed by atoms with E-state index in [0.29, 0.717) is 0 Å². The van der Waals surface area contributed by atoms with Crippen LogP contribution in [0, 0.1) is 0 Å². The Hall–Kier alpha value is -4.36. The second-order valence-electron chi connectivity index (χ2n) is 8.95. The van der Waals surface area contributed by atoms with Gasteiger partial charge in [0.1, 0.15) is 0 Å². The third kappa shape index (κ3) is 2.12. The van der Waals surface area contributed by atoms with Crippen molar-refractivity contribution in [2.24, 2.45) is 0 Å². The summed E-state index contributed by atoms with van der Waals surface area (Å²) in [6.07, 6.45) is 0. The highest BCUT2D eigenvalue weighted by Crippen LogP contribution is 2.51. The van der Waals surface area contributed by atoms with Crippen molar-refractivity contribution in [3.63, 3.8) is 0 Å². The second-order valence-corrected chi connectivity index (χ2v) is 8.95. The van der Waals surface area contributed by atoms with Crippen molar-refractivity contribution in [3.05, 3.63) is 115 Å². The topological polar surface area (TPSA) is 4.93 Å². The number of hydrogen-bond donors (Lipinski definition) is 0. The van der Waals surface area contributed by atoms with Gasteiger partial charge in [-0.05, 0) is 62.7 Å². The van der Waals surface area contributed by atoms with Crippen molar-refractivity contribution >= 4 is 43.4 Å². The van der Waals surface area contributed by atoms with Gasteiger partial charge in [-0.2, -0.15) is 0 Å². The van der Waals surface area contributed by atoms with Gasteiger partial charge < -0.3 is 4.57 Å². The first kappa shape index (κ1) is 17.2. The summed E-state index contributed by atoms with van der Waals surface area (Å²) in [5.41, 5.74) is 9.12. The van der Waals surface area contributed by atoms with Crippen LogP contribution < -0.4 is 0 Å². The number of fused-ring (bicyclic) bond motifs is 9. The molecule has 1 nitrogen and oxygen atoms in total. The molecule has 0 bridgehead atoms. The minimum Gasteiger partial charge on any atom is -0.309 e. The van der Waals surface area contributed by atoms with Gasteiger partial charge in [0.15, 0.2) is 0 Å². The number of aromatic nitrogens is 1.